The van der Waals surface area contributed by atoms with Gasteiger partial charge in [-0.05, 0) is 12.1 Å². The van der Waals surface area contributed by atoms with Gasteiger partial charge in [-0.2, -0.15) is 0 Å². The number of aromatic carboxylic acids is 1. The molecular formula is C12H11F2NO5. The molecule has 1 aromatic carbocycles. The van der Waals surface area contributed by atoms with Gasteiger partial charge in [-0.15, -0.1) is 0 Å². The van der Waals surface area contributed by atoms with Gasteiger partial charge >= 0.3 is 11.9 Å². The first-order valence-electron chi connectivity index (χ1n) is 5.44. The molecule has 0 bridgehead atoms. The van der Waals surface area contributed by atoms with E-state index in [1.54, 1.807) is 0 Å². The number of carboxylic acid groups (broad SMARTS) is 1. The molecule has 108 valence electrons. The molecule has 1 amide bonds. The minimum Gasteiger partial charge on any atom is -0.478 e. The van der Waals surface area contributed by atoms with Crippen LogP contribution in [-0.2, 0) is 9.53 Å². The minimum absolute atomic E-state index is 0.121. The van der Waals surface area contributed by atoms with Crippen molar-refractivity contribution in [1.82, 2.24) is 5.32 Å². The highest BCUT2D eigenvalue weighted by molar-refractivity contribution is 6.04. The first kappa shape index (κ1) is 15.5. The molecule has 0 aromatic heterocycles. The molecule has 2 N–H and O–H groups in total. The van der Waals surface area contributed by atoms with Crippen molar-refractivity contribution in [2.45, 2.75) is 6.42 Å². The third-order valence-electron chi connectivity index (χ3n) is 2.38. The molecule has 8 heteroatoms. The molecule has 20 heavy (non-hydrogen) atoms. The van der Waals surface area contributed by atoms with Crippen LogP contribution in [0, 0.1) is 11.6 Å². The lowest BCUT2D eigenvalue weighted by atomic mass is 10.1. The average molecular weight is 287 g/mol. The van der Waals surface area contributed by atoms with Gasteiger partial charge in [0.2, 0.25) is 0 Å². The number of carbonyl (C=O) groups is 3. The SMILES string of the molecule is COC(=O)CCNC(=O)c1cc(F)c(F)cc1C(=O)O. The number of ether oxygens (including phenoxy) is 1. The van der Waals surface area contributed by atoms with Crippen LogP contribution in [0.4, 0.5) is 8.78 Å². The summed E-state index contributed by atoms with van der Waals surface area (Å²) in [6.45, 7) is -0.121. The number of hydrogen-bond donors (Lipinski definition) is 2. The number of rotatable bonds is 5. The van der Waals surface area contributed by atoms with Crippen LogP contribution in [0.25, 0.3) is 0 Å². The fourth-order valence-corrected chi connectivity index (χ4v) is 1.39. The third-order valence-corrected chi connectivity index (χ3v) is 2.38. The van der Waals surface area contributed by atoms with Crippen LogP contribution in [0.5, 0.6) is 0 Å². The fraction of sp³-hybridized carbons (Fsp3) is 0.250. The molecule has 0 atom stereocenters. The molecular weight excluding hydrogens is 276 g/mol. The number of halogens is 2. The Morgan fingerprint density at radius 1 is 1.20 bits per heavy atom. The van der Waals surface area contributed by atoms with Crippen LogP contribution in [0.2, 0.25) is 0 Å². The molecule has 1 rings (SSSR count). The van der Waals surface area contributed by atoms with E-state index < -0.39 is 40.6 Å². The number of carboxylic acids is 1. The maximum Gasteiger partial charge on any atom is 0.336 e. The minimum atomic E-state index is -1.57. The summed E-state index contributed by atoms with van der Waals surface area (Å²) in [6, 6.07) is 0.916. The standard InChI is InChI=1S/C12H11F2NO5/c1-20-10(16)2-3-15-11(17)6-4-8(13)9(14)5-7(6)12(18)19/h4-5H,2-3H2,1H3,(H,15,17)(H,18,19). The highest BCUT2D eigenvalue weighted by atomic mass is 19.2. The van der Waals surface area contributed by atoms with Crippen LogP contribution in [0.3, 0.4) is 0 Å². The van der Waals surface area contributed by atoms with E-state index in [-0.39, 0.29) is 13.0 Å². The van der Waals surface area contributed by atoms with Gasteiger partial charge in [-0.25, -0.2) is 13.6 Å². The van der Waals surface area contributed by atoms with Gasteiger partial charge in [0.05, 0.1) is 24.7 Å². The molecule has 6 nitrogen and oxygen atoms in total. The number of hydrogen-bond acceptors (Lipinski definition) is 4. The zero-order chi connectivity index (χ0) is 15.3. The normalized spacial score (nSPS) is 9.95. The average Bonchev–Trinajstić information content (AvgIpc) is 2.40. The van der Waals surface area contributed by atoms with Gasteiger partial charge in [-0.1, -0.05) is 0 Å². The quantitative estimate of drug-likeness (QED) is 0.787. The lowest BCUT2D eigenvalue weighted by Crippen LogP contribution is -2.28. The highest BCUT2D eigenvalue weighted by Gasteiger charge is 2.20. The van der Waals surface area contributed by atoms with E-state index in [0.717, 1.165) is 0 Å². The summed E-state index contributed by atoms with van der Waals surface area (Å²) in [7, 11) is 1.17. The van der Waals surface area contributed by atoms with Gasteiger partial charge in [0.25, 0.3) is 5.91 Å². The molecule has 0 radical (unpaired) electrons. The Labute approximate surface area is 112 Å². The zero-order valence-corrected chi connectivity index (χ0v) is 10.4. The van der Waals surface area contributed by atoms with Crippen molar-refractivity contribution in [2.24, 2.45) is 0 Å². The predicted octanol–water partition coefficient (Wildman–Crippen LogP) is 0.956. The van der Waals surface area contributed by atoms with E-state index in [2.05, 4.69) is 10.1 Å². The molecule has 0 saturated carbocycles. The smallest absolute Gasteiger partial charge is 0.336 e. The summed E-state index contributed by atoms with van der Waals surface area (Å²) < 4.78 is 30.4. The van der Waals surface area contributed by atoms with Crippen LogP contribution in [0.1, 0.15) is 27.1 Å². The molecule has 1 aromatic rings. The van der Waals surface area contributed by atoms with Crippen molar-refractivity contribution in [1.29, 1.82) is 0 Å². The highest BCUT2D eigenvalue weighted by Crippen LogP contribution is 2.15. The fourth-order valence-electron chi connectivity index (χ4n) is 1.39. The molecule has 0 aliphatic rings. The number of benzene rings is 1. The lowest BCUT2D eigenvalue weighted by Gasteiger charge is -2.08. The van der Waals surface area contributed by atoms with Gasteiger partial charge in [-0.3, -0.25) is 9.59 Å². The van der Waals surface area contributed by atoms with Gasteiger partial charge in [0, 0.05) is 6.54 Å². The Bertz CT molecular complexity index is 559. The second-order valence-corrected chi connectivity index (χ2v) is 3.70. The summed E-state index contributed by atoms with van der Waals surface area (Å²) in [4.78, 5) is 33.4. The lowest BCUT2D eigenvalue weighted by molar-refractivity contribution is -0.140. The van der Waals surface area contributed by atoms with Crippen molar-refractivity contribution in [2.75, 3.05) is 13.7 Å². The molecule has 0 aliphatic heterocycles. The monoisotopic (exact) mass is 287 g/mol. The van der Waals surface area contributed by atoms with Crippen molar-refractivity contribution in [3.8, 4) is 0 Å². The molecule has 0 aliphatic carbocycles. The maximum absolute atomic E-state index is 13.1. The first-order chi connectivity index (χ1) is 9.36. The maximum atomic E-state index is 13.1. The Balaban J connectivity index is 2.89. The van der Waals surface area contributed by atoms with Crippen LogP contribution < -0.4 is 5.32 Å². The van der Waals surface area contributed by atoms with E-state index in [4.69, 9.17) is 5.11 Å². The summed E-state index contributed by atoms with van der Waals surface area (Å²) in [5, 5.41) is 11.1. The van der Waals surface area contributed by atoms with Crippen LogP contribution in [0.15, 0.2) is 12.1 Å². The molecule has 0 fully saturated rings. The van der Waals surface area contributed by atoms with E-state index in [9.17, 15) is 23.2 Å². The largest absolute Gasteiger partial charge is 0.478 e. The number of nitrogens with one attached hydrogen (secondary N) is 1. The summed E-state index contributed by atoms with van der Waals surface area (Å²) in [5.41, 5.74) is -1.19. The van der Waals surface area contributed by atoms with E-state index in [0.29, 0.717) is 12.1 Å². The Hall–Kier alpha value is -2.51. The second kappa shape index (κ2) is 6.60. The van der Waals surface area contributed by atoms with Crippen molar-refractivity contribution in [3.05, 3.63) is 34.9 Å². The molecule has 0 unspecified atom stereocenters. The summed E-state index contributed by atoms with van der Waals surface area (Å²) >= 11 is 0. The van der Waals surface area contributed by atoms with Crippen molar-refractivity contribution < 1.29 is 33.0 Å². The van der Waals surface area contributed by atoms with E-state index >= 15 is 0 Å². The Morgan fingerprint density at radius 3 is 2.25 bits per heavy atom. The van der Waals surface area contributed by atoms with Gasteiger partial charge in [0.1, 0.15) is 0 Å². The van der Waals surface area contributed by atoms with Gasteiger partial charge in [0.15, 0.2) is 11.6 Å². The Morgan fingerprint density at radius 2 is 1.75 bits per heavy atom. The van der Waals surface area contributed by atoms with Crippen molar-refractivity contribution >= 4 is 17.8 Å². The van der Waals surface area contributed by atoms with Crippen LogP contribution >= 0.6 is 0 Å². The number of carbonyl (C=O) groups excluding carboxylic acids is 2. The zero-order valence-electron chi connectivity index (χ0n) is 10.4. The third kappa shape index (κ3) is 3.74. The molecule has 0 heterocycles. The second-order valence-electron chi connectivity index (χ2n) is 3.70. The summed E-state index contributed by atoms with van der Waals surface area (Å²) in [6.07, 6.45) is -0.131. The first-order valence-corrected chi connectivity index (χ1v) is 5.44. The van der Waals surface area contributed by atoms with E-state index in [1.807, 2.05) is 0 Å². The molecule has 0 saturated heterocycles. The summed E-state index contributed by atoms with van der Waals surface area (Å²) in [5.74, 6) is -5.78. The van der Waals surface area contributed by atoms with Crippen molar-refractivity contribution in [3.63, 3.8) is 0 Å². The number of esters is 1. The van der Waals surface area contributed by atoms with E-state index in [1.165, 1.54) is 7.11 Å². The Kier molecular flexibility index (Phi) is 5.13. The topological polar surface area (TPSA) is 92.7 Å². The van der Waals surface area contributed by atoms with Crippen LogP contribution in [-0.4, -0.2) is 36.6 Å². The number of methoxy groups -OCH3 is 1. The number of amides is 1. The predicted molar refractivity (Wildman–Crippen MR) is 62.3 cm³/mol. The van der Waals surface area contributed by atoms with Gasteiger partial charge < -0.3 is 15.2 Å². The molecule has 0 spiro atoms.